The van der Waals surface area contributed by atoms with Crippen LogP contribution in [-0.2, 0) is 0 Å². The molecule has 0 radical (unpaired) electrons. The Kier molecular flexibility index (Phi) is 7.82. The number of rotatable bonds is 8. The molecule has 0 aliphatic carbocycles. The predicted molar refractivity (Wildman–Crippen MR) is 75.5 cm³/mol. The molecule has 17 heavy (non-hydrogen) atoms. The molecule has 0 unspecified atom stereocenters. The fourth-order valence-electron chi connectivity index (χ4n) is 2.42. The van der Waals surface area contributed by atoms with Crippen molar-refractivity contribution in [3.8, 4) is 0 Å². The molecule has 1 N–H and O–H groups in total. The molecule has 1 aliphatic rings. The van der Waals surface area contributed by atoms with Gasteiger partial charge in [-0.2, -0.15) is 0 Å². The molecule has 0 aromatic carbocycles. The van der Waals surface area contributed by atoms with E-state index < -0.39 is 0 Å². The van der Waals surface area contributed by atoms with E-state index in [0.717, 1.165) is 19.0 Å². The van der Waals surface area contributed by atoms with Crippen LogP contribution >= 0.6 is 0 Å². The van der Waals surface area contributed by atoms with E-state index in [4.69, 9.17) is 0 Å². The molecule has 1 aliphatic heterocycles. The SMILES string of the molecule is CCN(CC)CCNCCN1CCC(C)CC1. The number of likely N-dealkylation sites (N-methyl/N-ethyl adjacent to an activating group) is 1. The van der Waals surface area contributed by atoms with E-state index in [9.17, 15) is 0 Å². The Bertz CT molecular complexity index is 172. The van der Waals surface area contributed by atoms with Crippen LogP contribution in [0, 0.1) is 5.92 Å². The average molecular weight is 241 g/mol. The highest BCUT2D eigenvalue weighted by Gasteiger charge is 2.14. The van der Waals surface area contributed by atoms with Crippen LogP contribution in [0.1, 0.15) is 33.6 Å². The summed E-state index contributed by atoms with van der Waals surface area (Å²) in [6, 6.07) is 0. The van der Waals surface area contributed by atoms with Crippen LogP contribution in [0.4, 0.5) is 0 Å². The first-order valence-electron chi connectivity index (χ1n) is 7.41. The smallest absolute Gasteiger partial charge is 0.0107 e. The van der Waals surface area contributed by atoms with E-state index in [1.807, 2.05) is 0 Å². The molecule has 0 aromatic heterocycles. The van der Waals surface area contributed by atoms with Crippen LogP contribution in [0.3, 0.4) is 0 Å². The van der Waals surface area contributed by atoms with Gasteiger partial charge in [0, 0.05) is 26.2 Å². The monoisotopic (exact) mass is 241 g/mol. The standard InChI is InChI=1S/C14H31N3/c1-4-16(5-2)12-8-15-9-13-17-10-6-14(3)7-11-17/h14-15H,4-13H2,1-3H3. The molecular weight excluding hydrogens is 210 g/mol. The fraction of sp³-hybridized carbons (Fsp3) is 1.00. The highest BCUT2D eigenvalue weighted by atomic mass is 15.2. The van der Waals surface area contributed by atoms with Crippen molar-refractivity contribution in [1.82, 2.24) is 15.1 Å². The molecule has 102 valence electrons. The number of nitrogens with zero attached hydrogens (tertiary/aromatic N) is 2. The van der Waals surface area contributed by atoms with Crippen molar-refractivity contribution < 1.29 is 0 Å². The number of likely N-dealkylation sites (tertiary alicyclic amines) is 1. The van der Waals surface area contributed by atoms with E-state index in [0.29, 0.717) is 0 Å². The maximum absolute atomic E-state index is 3.56. The molecule has 3 heteroatoms. The first-order valence-corrected chi connectivity index (χ1v) is 7.41. The lowest BCUT2D eigenvalue weighted by Gasteiger charge is -2.30. The summed E-state index contributed by atoms with van der Waals surface area (Å²) >= 11 is 0. The summed E-state index contributed by atoms with van der Waals surface area (Å²) in [5, 5.41) is 3.56. The van der Waals surface area contributed by atoms with Crippen molar-refractivity contribution in [3.63, 3.8) is 0 Å². The lowest BCUT2D eigenvalue weighted by Crippen LogP contribution is -2.39. The summed E-state index contributed by atoms with van der Waals surface area (Å²) in [5.41, 5.74) is 0. The second-order valence-electron chi connectivity index (χ2n) is 5.30. The number of hydrogen-bond acceptors (Lipinski definition) is 3. The largest absolute Gasteiger partial charge is 0.314 e. The lowest BCUT2D eigenvalue weighted by molar-refractivity contribution is 0.192. The van der Waals surface area contributed by atoms with Gasteiger partial charge < -0.3 is 15.1 Å². The first kappa shape index (κ1) is 14.9. The van der Waals surface area contributed by atoms with Crippen molar-refractivity contribution in [1.29, 1.82) is 0 Å². The molecule has 0 bridgehead atoms. The zero-order valence-electron chi connectivity index (χ0n) is 12.0. The molecule has 0 amide bonds. The van der Waals surface area contributed by atoms with E-state index in [1.54, 1.807) is 0 Å². The number of hydrogen-bond donors (Lipinski definition) is 1. The van der Waals surface area contributed by atoms with Crippen LogP contribution in [0.5, 0.6) is 0 Å². The number of nitrogens with one attached hydrogen (secondary N) is 1. The minimum atomic E-state index is 0.946. The van der Waals surface area contributed by atoms with Gasteiger partial charge in [-0.15, -0.1) is 0 Å². The van der Waals surface area contributed by atoms with Crippen LogP contribution in [0.2, 0.25) is 0 Å². The van der Waals surface area contributed by atoms with Gasteiger partial charge in [0.15, 0.2) is 0 Å². The van der Waals surface area contributed by atoms with Crippen molar-refractivity contribution in [2.75, 3.05) is 52.4 Å². The third-order valence-electron chi connectivity index (χ3n) is 3.98. The summed E-state index contributed by atoms with van der Waals surface area (Å²) in [6.07, 6.45) is 2.78. The average Bonchev–Trinajstić information content (AvgIpc) is 2.36. The van der Waals surface area contributed by atoms with Crippen molar-refractivity contribution in [2.45, 2.75) is 33.6 Å². The summed E-state index contributed by atoms with van der Waals surface area (Å²) in [4.78, 5) is 5.07. The zero-order chi connectivity index (χ0) is 12.5. The van der Waals surface area contributed by atoms with Crippen LogP contribution < -0.4 is 5.32 Å². The van der Waals surface area contributed by atoms with E-state index in [2.05, 4.69) is 35.9 Å². The van der Waals surface area contributed by atoms with Gasteiger partial charge in [-0.3, -0.25) is 0 Å². The van der Waals surface area contributed by atoms with E-state index >= 15 is 0 Å². The topological polar surface area (TPSA) is 18.5 Å². The molecule has 0 spiro atoms. The highest BCUT2D eigenvalue weighted by Crippen LogP contribution is 2.14. The van der Waals surface area contributed by atoms with Gasteiger partial charge in [0.25, 0.3) is 0 Å². The van der Waals surface area contributed by atoms with Crippen molar-refractivity contribution >= 4 is 0 Å². The zero-order valence-corrected chi connectivity index (χ0v) is 12.0. The van der Waals surface area contributed by atoms with Crippen molar-refractivity contribution in [3.05, 3.63) is 0 Å². The third kappa shape index (κ3) is 6.39. The van der Waals surface area contributed by atoms with Crippen molar-refractivity contribution in [2.24, 2.45) is 5.92 Å². The minimum absolute atomic E-state index is 0.946. The van der Waals surface area contributed by atoms with Gasteiger partial charge in [0.2, 0.25) is 0 Å². The van der Waals surface area contributed by atoms with Crippen LogP contribution in [0.15, 0.2) is 0 Å². The van der Waals surface area contributed by atoms with Gasteiger partial charge in [0.1, 0.15) is 0 Å². The molecule has 1 heterocycles. The fourth-order valence-corrected chi connectivity index (χ4v) is 2.42. The molecule has 3 nitrogen and oxygen atoms in total. The summed E-state index contributed by atoms with van der Waals surface area (Å²) in [6.45, 7) is 16.5. The highest BCUT2D eigenvalue weighted by molar-refractivity contribution is 4.70. The maximum Gasteiger partial charge on any atom is 0.0107 e. The molecule has 0 saturated carbocycles. The van der Waals surface area contributed by atoms with Crippen LogP contribution in [0.25, 0.3) is 0 Å². The molecule has 1 fully saturated rings. The second-order valence-corrected chi connectivity index (χ2v) is 5.30. The summed E-state index contributed by atoms with van der Waals surface area (Å²) < 4.78 is 0. The molecular formula is C14H31N3. The Hall–Kier alpha value is -0.120. The van der Waals surface area contributed by atoms with Gasteiger partial charge >= 0.3 is 0 Å². The maximum atomic E-state index is 3.56. The molecule has 0 atom stereocenters. The quantitative estimate of drug-likeness (QED) is 0.652. The first-order chi connectivity index (χ1) is 8.26. The van der Waals surface area contributed by atoms with Gasteiger partial charge in [-0.1, -0.05) is 20.8 Å². The Morgan fingerprint density at radius 3 is 2.35 bits per heavy atom. The summed E-state index contributed by atoms with van der Waals surface area (Å²) in [5.74, 6) is 0.946. The Labute approximate surface area is 108 Å². The predicted octanol–water partition coefficient (Wildman–Crippen LogP) is 1.65. The Morgan fingerprint density at radius 2 is 1.76 bits per heavy atom. The number of piperidine rings is 1. The van der Waals surface area contributed by atoms with E-state index in [1.165, 1.54) is 52.1 Å². The minimum Gasteiger partial charge on any atom is -0.314 e. The normalized spacial score (nSPS) is 19.1. The van der Waals surface area contributed by atoms with Gasteiger partial charge in [-0.25, -0.2) is 0 Å². The summed E-state index contributed by atoms with van der Waals surface area (Å²) in [7, 11) is 0. The van der Waals surface area contributed by atoms with Crippen LogP contribution in [-0.4, -0.2) is 62.2 Å². The second kappa shape index (κ2) is 8.90. The lowest BCUT2D eigenvalue weighted by atomic mass is 9.99. The van der Waals surface area contributed by atoms with Gasteiger partial charge in [0.05, 0.1) is 0 Å². The Morgan fingerprint density at radius 1 is 1.12 bits per heavy atom. The Balaban J connectivity index is 1.93. The molecule has 0 aromatic rings. The molecule has 1 saturated heterocycles. The third-order valence-corrected chi connectivity index (χ3v) is 3.98. The van der Waals surface area contributed by atoms with E-state index in [-0.39, 0.29) is 0 Å². The van der Waals surface area contributed by atoms with Gasteiger partial charge in [-0.05, 0) is 44.9 Å². The molecule has 1 rings (SSSR count).